The van der Waals surface area contributed by atoms with E-state index in [2.05, 4.69) is 15.3 Å². The highest BCUT2D eigenvalue weighted by Crippen LogP contribution is 2.27. The fourth-order valence-electron chi connectivity index (χ4n) is 3.60. The van der Waals surface area contributed by atoms with Crippen LogP contribution in [0.5, 0.6) is 0 Å². The van der Waals surface area contributed by atoms with Gasteiger partial charge in [-0.3, -0.25) is 4.79 Å². The first-order valence-electron chi connectivity index (χ1n) is 9.80. The number of carbonyl (C=O) groups excluding carboxylic acids is 1. The summed E-state index contributed by atoms with van der Waals surface area (Å²) in [5.41, 5.74) is 3.49. The summed E-state index contributed by atoms with van der Waals surface area (Å²) in [4.78, 5) is 23.7. The maximum absolute atomic E-state index is 13.1. The van der Waals surface area contributed by atoms with E-state index in [9.17, 15) is 9.18 Å². The molecule has 4 rings (SSSR count). The van der Waals surface area contributed by atoms with E-state index >= 15 is 0 Å². The number of hydrogen-bond donors (Lipinski definition) is 1. The molecule has 1 fully saturated rings. The Hall–Kier alpha value is -3.28. The molecule has 2 heterocycles. The van der Waals surface area contributed by atoms with Crippen LogP contribution in [0, 0.1) is 12.7 Å². The van der Waals surface area contributed by atoms with Crippen LogP contribution in [-0.2, 0) is 0 Å². The van der Waals surface area contributed by atoms with Crippen molar-refractivity contribution in [1.29, 1.82) is 0 Å². The number of piperidine rings is 1. The number of halogens is 1. The summed E-state index contributed by atoms with van der Waals surface area (Å²) in [5, 5.41) is 3.11. The second kappa shape index (κ2) is 8.39. The normalized spacial score (nSPS) is 16.5. The third-order valence-electron chi connectivity index (χ3n) is 5.20. The number of rotatable bonds is 4. The molecule has 1 unspecified atom stereocenters. The van der Waals surface area contributed by atoms with E-state index in [1.807, 2.05) is 42.2 Å². The second-order valence-corrected chi connectivity index (χ2v) is 7.39. The van der Waals surface area contributed by atoms with Crippen LogP contribution in [0.2, 0.25) is 0 Å². The SMILES string of the molecule is Cc1ccc(C(=O)N2CCCC(c3ccnc(Nc4ccc(F)cc4)n3)C2)cc1. The molecule has 3 aromatic rings. The van der Waals surface area contributed by atoms with Gasteiger partial charge in [0.25, 0.3) is 5.91 Å². The molecule has 0 radical (unpaired) electrons. The second-order valence-electron chi connectivity index (χ2n) is 7.39. The number of aryl methyl sites for hydroxylation is 1. The molecule has 2 aromatic carbocycles. The molecule has 0 saturated carbocycles. The topological polar surface area (TPSA) is 58.1 Å². The fraction of sp³-hybridized carbons (Fsp3) is 0.261. The monoisotopic (exact) mass is 390 g/mol. The number of aromatic nitrogens is 2. The molecular formula is C23H23FN4O. The molecule has 1 aliphatic heterocycles. The number of benzene rings is 2. The van der Waals surface area contributed by atoms with Gasteiger partial charge in [0.2, 0.25) is 5.95 Å². The predicted molar refractivity (Wildman–Crippen MR) is 111 cm³/mol. The van der Waals surface area contributed by atoms with Crippen molar-refractivity contribution in [2.24, 2.45) is 0 Å². The van der Waals surface area contributed by atoms with Crippen LogP contribution in [0.15, 0.2) is 60.8 Å². The van der Waals surface area contributed by atoms with Gasteiger partial charge in [-0.15, -0.1) is 0 Å². The number of carbonyl (C=O) groups is 1. The Morgan fingerprint density at radius 3 is 2.62 bits per heavy atom. The zero-order valence-corrected chi connectivity index (χ0v) is 16.3. The van der Waals surface area contributed by atoms with Gasteiger partial charge in [-0.1, -0.05) is 17.7 Å². The van der Waals surface area contributed by atoms with E-state index < -0.39 is 0 Å². The van der Waals surface area contributed by atoms with Gasteiger partial charge in [-0.25, -0.2) is 14.4 Å². The zero-order valence-electron chi connectivity index (χ0n) is 16.3. The van der Waals surface area contributed by atoms with Crippen molar-refractivity contribution in [3.05, 3.63) is 83.4 Å². The van der Waals surface area contributed by atoms with Gasteiger partial charge in [0.05, 0.1) is 5.69 Å². The van der Waals surface area contributed by atoms with Crippen LogP contribution >= 0.6 is 0 Å². The van der Waals surface area contributed by atoms with Gasteiger partial charge in [0.15, 0.2) is 0 Å². The van der Waals surface area contributed by atoms with Crippen molar-refractivity contribution in [3.8, 4) is 0 Å². The molecular weight excluding hydrogens is 367 g/mol. The summed E-state index contributed by atoms with van der Waals surface area (Å²) >= 11 is 0. The van der Waals surface area contributed by atoms with Crippen LogP contribution in [-0.4, -0.2) is 33.9 Å². The number of anilines is 2. The van der Waals surface area contributed by atoms with E-state index in [1.165, 1.54) is 12.1 Å². The third-order valence-corrected chi connectivity index (χ3v) is 5.20. The lowest BCUT2D eigenvalue weighted by atomic mass is 9.94. The summed E-state index contributed by atoms with van der Waals surface area (Å²) in [6.45, 7) is 3.41. The quantitative estimate of drug-likeness (QED) is 0.702. The Bertz CT molecular complexity index is 989. The standard InChI is InChI=1S/C23H23FN4O/c1-16-4-6-17(7-5-16)22(29)28-14-2-3-18(15-28)21-12-13-25-23(27-21)26-20-10-8-19(24)9-11-20/h4-13,18H,2-3,14-15H2,1H3,(H,25,26,27). The molecule has 1 aromatic heterocycles. The molecule has 1 amide bonds. The van der Waals surface area contributed by atoms with E-state index in [1.54, 1.807) is 18.3 Å². The smallest absolute Gasteiger partial charge is 0.253 e. The van der Waals surface area contributed by atoms with Crippen molar-refractivity contribution < 1.29 is 9.18 Å². The van der Waals surface area contributed by atoms with Crippen molar-refractivity contribution in [2.45, 2.75) is 25.7 Å². The summed E-state index contributed by atoms with van der Waals surface area (Å²) in [7, 11) is 0. The minimum Gasteiger partial charge on any atom is -0.338 e. The lowest BCUT2D eigenvalue weighted by Crippen LogP contribution is -2.39. The fourth-order valence-corrected chi connectivity index (χ4v) is 3.60. The van der Waals surface area contributed by atoms with Crippen molar-refractivity contribution >= 4 is 17.5 Å². The Balaban J connectivity index is 1.47. The van der Waals surface area contributed by atoms with Gasteiger partial charge in [0, 0.05) is 36.5 Å². The van der Waals surface area contributed by atoms with Crippen LogP contribution in [0.3, 0.4) is 0 Å². The van der Waals surface area contributed by atoms with Crippen LogP contribution < -0.4 is 5.32 Å². The number of nitrogens with zero attached hydrogens (tertiary/aromatic N) is 3. The minimum atomic E-state index is -0.286. The molecule has 148 valence electrons. The van der Waals surface area contributed by atoms with E-state index in [0.717, 1.165) is 41.9 Å². The molecule has 1 saturated heterocycles. The first kappa shape index (κ1) is 19.1. The molecule has 5 nitrogen and oxygen atoms in total. The number of likely N-dealkylation sites (tertiary alicyclic amines) is 1. The highest BCUT2D eigenvalue weighted by atomic mass is 19.1. The maximum Gasteiger partial charge on any atom is 0.253 e. The molecule has 1 atom stereocenters. The Morgan fingerprint density at radius 1 is 1.10 bits per heavy atom. The van der Waals surface area contributed by atoms with Crippen molar-refractivity contribution in [1.82, 2.24) is 14.9 Å². The van der Waals surface area contributed by atoms with Crippen molar-refractivity contribution in [3.63, 3.8) is 0 Å². The first-order valence-corrected chi connectivity index (χ1v) is 9.80. The number of amides is 1. The third kappa shape index (κ3) is 4.59. The van der Waals surface area contributed by atoms with Gasteiger partial charge in [-0.05, 0) is 62.2 Å². The maximum atomic E-state index is 13.1. The number of nitrogens with one attached hydrogen (secondary N) is 1. The van der Waals surface area contributed by atoms with E-state index in [-0.39, 0.29) is 17.6 Å². The predicted octanol–water partition coefficient (Wildman–Crippen LogP) is 4.69. The Kier molecular flexibility index (Phi) is 5.51. The molecule has 0 aliphatic carbocycles. The minimum absolute atomic E-state index is 0.0633. The summed E-state index contributed by atoms with van der Waals surface area (Å²) in [6.07, 6.45) is 3.63. The Labute approximate surface area is 169 Å². The molecule has 1 aliphatic rings. The van der Waals surface area contributed by atoms with Crippen LogP contribution in [0.1, 0.15) is 40.4 Å². The van der Waals surface area contributed by atoms with Crippen LogP contribution in [0.25, 0.3) is 0 Å². The summed E-state index contributed by atoms with van der Waals surface area (Å²) in [6, 6.07) is 15.7. The zero-order chi connectivity index (χ0) is 20.2. The van der Waals surface area contributed by atoms with Gasteiger partial charge < -0.3 is 10.2 Å². The lowest BCUT2D eigenvalue weighted by Gasteiger charge is -2.32. The lowest BCUT2D eigenvalue weighted by molar-refractivity contribution is 0.0706. The summed E-state index contributed by atoms with van der Waals surface area (Å²) < 4.78 is 13.1. The van der Waals surface area contributed by atoms with E-state index in [4.69, 9.17) is 0 Å². The molecule has 1 N–H and O–H groups in total. The molecule has 0 spiro atoms. The van der Waals surface area contributed by atoms with Gasteiger partial charge >= 0.3 is 0 Å². The molecule has 6 heteroatoms. The average Bonchev–Trinajstić information content (AvgIpc) is 2.76. The van der Waals surface area contributed by atoms with E-state index in [0.29, 0.717) is 12.5 Å². The molecule has 29 heavy (non-hydrogen) atoms. The first-order chi connectivity index (χ1) is 14.1. The Morgan fingerprint density at radius 2 is 1.86 bits per heavy atom. The molecule has 0 bridgehead atoms. The number of hydrogen-bond acceptors (Lipinski definition) is 4. The highest BCUT2D eigenvalue weighted by molar-refractivity contribution is 5.94. The average molecular weight is 390 g/mol. The van der Waals surface area contributed by atoms with Gasteiger partial charge in [-0.2, -0.15) is 0 Å². The largest absolute Gasteiger partial charge is 0.338 e. The van der Waals surface area contributed by atoms with Crippen LogP contribution in [0.4, 0.5) is 16.0 Å². The highest BCUT2D eigenvalue weighted by Gasteiger charge is 2.26. The van der Waals surface area contributed by atoms with Gasteiger partial charge in [0.1, 0.15) is 5.82 Å². The summed E-state index contributed by atoms with van der Waals surface area (Å²) in [5.74, 6) is 0.408. The van der Waals surface area contributed by atoms with Crippen molar-refractivity contribution in [2.75, 3.05) is 18.4 Å².